The summed E-state index contributed by atoms with van der Waals surface area (Å²) in [6, 6.07) is 11.5. The summed E-state index contributed by atoms with van der Waals surface area (Å²) in [6.45, 7) is 3.72. The van der Waals surface area contributed by atoms with E-state index in [1.165, 1.54) is 6.07 Å². The van der Waals surface area contributed by atoms with E-state index in [2.05, 4.69) is 10.0 Å². The van der Waals surface area contributed by atoms with Gasteiger partial charge in [0, 0.05) is 11.6 Å². The van der Waals surface area contributed by atoms with Crippen LogP contribution in [0.2, 0.25) is 5.02 Å². The van der Waals surface area contributed by atoms with Gasteiger partial charge in [0.2, 0.25) is 5.91 Å². The van der Waals surface area contributed by atoms with Crippen LogP contribution in [-0.4, -0.2) is 14.3 Å². The van der Waals surface area contributed by atoms with Gasteiger partial charge in [-0.15, -0.1) is 0 Å². The SMILES string of the molecule is Cc1ccc(NC(=O)C2CC2C)cc1S(=O)(=O)Nc1ccccc1Cl. The number of carbonyl (C=O) groups excluding carboxylic acids is 1. The van der Waals surface area contributed by atoms with E-state index in [1.54, 1.807) is 43.3 Å². The summed E-state index contributed by atoms with van der Waals surface area (Å²) in [5, 5.41) is 3.11. The maximum absolute atomic E-state index is 12.7. The Balaban J connectivity index is 1.86. The minimum absolute atomic E-state index is 0.0163. The normalized spacial score (nSPS) is 19.3. The van der Waals surface area contributed by atoms with E-state index in [1.807, 2.05) is 6.92 Å². The van der Waals surface area contributed by atoms with Crippen molar-refractivity contribution in [2.75, 3.05) is 10.0 Å². The molecule has 2 aromatic carbocycles. The summed E-state index contributed by atoms with van der Waals surface area (Å²) >= 11 is 6.03. The van der Waals surface area contributed by atoms with Crippen molar-refractivity contribution in [2.24, 2.45) is 11.8 Å². The van der Waals surface area contributed by atoms with E-state index in [-0.39, 0.29) is 16.7 Å². The van der Waals surface area contributed by atoms with Crippen LogP contribution in [0.25, 0.3) is 0 Å². The Kier molecular flexibility index (Phi) is 4.75. The van der Waals surface area contributed by atoms with Crippen molar-refractivity contribution < 1.29 is 13.2 Å². The van der Waals surface area contributed by atoms with Crippen molar-refractivity contribution in [3.05, 3.63) is 53.1 Å². The fourth-order valence-corrected chi connectivity index (χ4v) is 4.22. The topological polar surface area (TPSA) is 75.3 Å². The van der Waals surface area contributed by atoms with Gasteiger partial charge in [-0.25, -0.2) is 8.42 Å². The summed E-state index contributed by atoms with van der Waals surface area (Å²) < 4.78 is 28.0. The average molecular weight is 379 g/mol. The number of rotatable bonds is 5. The molecule has 1 amide bonds. The highest BCUT2D eigenvalue weighted by molar-refractivity contribution is 7.92. The number of para-hydroxylation sites is 1. The molecule has 0 aliphatic heterocycles. The number of halogens is 1. The number of benzene rings is 2. The Bertz CT molecular complexity index is 928. The van der Waals surface area contributed by atoms with E-state index in [9.17, 15) is 13.2 Å². The average Bonchev–Trinajstić information content (AvgIpc) is 3.28. The van der Waals surface area contributed by atoms with Crippen LogP contribution in [0.15, 0.2) is 47.4 Å². The quantitative estimate of drug-likeness (QED) is 0.824. The maximum atomic E-state index is 12.7. The molecular formula is C18H19ClN2O3S. The molecule has 0 saturated heterocycles. The first kappa shape index (κ1) is 17.8. The Morgan fingerprint density at radius 1 is 1.20 bits per heavy atom. The van der Waals surface area contributed by atoms with Crippen LogP contribution in [0.4, 0.5) is 11.4 Å². The first-order valence-electron chi connectivity index (χ1n) is 7.97. The highest BCUT2D eigenvalue weighted by Gasteiger charge is 2.39. The fraction of sp³-hybridized carbons (Fsp3) is 0.278. The number of amides is 1. The molecule has 5 nitrogen and oxygen atoms in total. The second-order valence-electron chi connectivity index (χ2n) is 6.37. The number of anilines is 2. The number of carbonyl (C=O) groups is 1. The Hall–Kier alpha value is -2.05. The number of nitrogens with one attached hydrogen (secondary N) is 2. The van der Waals surface area contributed by atoms with Gasteiger partial charge in [-0.2, -0.15) is 0 Å². The monoisotopic (exact) mass is 378 g/mol. The minimum Gasteiger partial charge on any atom is -0.326 e. The maximum Gasteiger partial charge on any atom is 0.262 e. The lowest BCUT2D eigenvalue weighted by Gasteiger charge is -2.13. The van der Waals surface area contributed by atoms with E-state index < -0.39 is 10.0 Å². The second-order valence-corrected chi connectivity index (χ2v) is 8.43. The molecule has 1 saturated carbocycles. The van der Waals surface area contributed by atoms with Crippen molar-refractivity contribution >= 4 is 38.9 Å². The first-order valence-corrected chi connectivity index (χ1v) is 9.83. The number of hydrogen-bond acceptors (Lipinski definition) is 3. The summed E-state index contributed by atoms with van der Waals surface area (Å²) in [4.78, 5) is 12.2. The summed E-state index contributed by atoms with van der Waals surface area (Å²) in [5.41, 5.74) is 1.36. The predicted octanol–water partition coefficient (Wildman–Crippen LogP) is 4.04. The Labute approximate surface area is 152 Å². The molecule has 0 aromatic heterocycles. The third kappa shape index (κ3) is 3.96. The van der Waals surface area contributed by atoms with Gasteiger partial charge in [0.25, 0.3) is 10.0 Å². The highest BCUT2D eigenvalue weighted by Crippen LogP contribution is 2.38. The van der Waals surface area contributed by atoms with Gasteiger partial charge in [0.15, 0.2) is 0 Å². The third-order valence-electron chi connectivity index (χ3n) is 4.31. The molecule has 25 heavy (non-hydrogen) atoms. The van der Waals surface area contributed by atoms with Crippen molar-refractivity contribution in [2.45, 2.75) is 25.2 Å². The van der Waals surface area contributed by atoms with Crippen molar-refractivity contribution in [1.29, 1.82) is 0 Å². The Morgan fingerprint density at radius 3 is 2.52 bits per heavy atom. The highest BCUT2D eigenvalue weighted by atomic mass is 35.5. The lowest BCUT2D eigenvalue weighted by molar-refractivity contribution is -0.117. The molecule has 2 atom stereocenters. The van der Waals surface area contributed by atoms with Gasteiger partial charge >= 0.3 is 0 Å². The minimum atomic E-state index is -3.83. The first-order chi connectivity index (χ1) is 11.8. The zero-order valence-corrected chi connectivity index (χ0v) is 15.5. The molecule has 0 radical (unpaired) electrons. The molecule has 7 heteroatoms. The fourth-order valence-electron chi connectivity index (χ4n) is 2.63. The molecule has 0 bridgehead atoms. The van der Waals surface area contributed by atoms with E-state index >= 15 is 0 Å². The molecule has 0 heterocycles. The number of hydrogen-bond donors (Lipinski definition) is 2. The molecule has 1 aliphatic carbocycles. The van der Waals surface area contributed by atoms with Crippen molar-refractivity contribution in [1.82, 2.24) is 0 Å². The van der Waals surface area contributed by atoms with Crippen molar-refractivity contribution in [3.63, 3.8) is 0 Å². The molecule has 2 unspecified atom stereocenters. The molecular weight excluding hydrogens is 360 g/mol. The van der Waals surface area contributed by atoms with Gasteiger partial charge in [-0.1, -0.05) is 36.7 Å². The zero-order valence-electron chi connectivity index (χ0n) is 13.9. The summed E-state index contributed by atoms with van der Waals surface area (Å²) in [5.74, 6) is 0.330. The van der Waals surface area contributed by atoms with Gasteiger partial charge < -0.3 is 5.32 Å². The smallest absolute Gasteiger partial charge is 0.262 e. The number of sulfonamides is 1. The van der Waals surface area contributed by atoms with Crippen LogP contribution in [0.5, 0.6) is 0 Å². The van der Waals surface area contributed by atoms with E-state index in [0.717, 1.165) is 6.42 Å². The van der Waals surface area contributed by atoms with Gasteiger partial charge in [-0.05, 0) is 49.1 Å². The van der Waals surface area contributed by atoms with E-state index in [4.69, 9.17) is 11.6 Å². The second kappa shape index (κ2) is 6.69. The van der Waals surface area contributed by atoms with Crippen LogP contribution >= 0.6 is 11.6 Å². The van der Waals surface area contributed by atoms with Crippen LogP contribution in [0.3, 0.4) is 0 Å². The van der Waals surface area contributed by atoms with Crippen LogP contribution in [0, 0.1) is 18.8 Å². The van der Waals surface area contributed by atoms with Gasteiger partial charge in [0.1, 0.15) is 0 Å². The predicted molar refractivity (Wildman–Crippen MR) is 99.3 cm³/mol. The van der Waals surface area contributed by atoms with Crippen molar-refractivity contribution in [3.8, 4) is 0 Å². The molecule has 1 fully saturated rings. The molecule has 132 valence electrons. The van der Waals surface area contributed by atoms with Gasteiger partial charge in [0.05, 0.1) is 15.6 Å². The molecule has 1 aliphatic rings. The van der Waals surface area contributed by atoms with Crippen LogP contribution in [-0.2, 0) is 14.8 Å². The standard InChI is InChI=1S/C18H19ClN2O3S/c1-11-7-8-13(20-18(22)14-9-12(14)2)10-17(11)25(23,24)21-16-6-4-3-5-15(16)19/h3-8,10,12,14,21H,9H2,1-2H3,(H,20,22). The summed E-state index contributed by atoms with van der Waals surface area (Å²) in [7, 11) is -3.83. The van der Waals surface area contributed by atoms with Crippen LogP contribution in [0.1, 0.15) is 18.9 Å². The molecule has 0 spiro atoms. The lowest BCUT2D eigenvalue weighted by atomic mass is 10.2. The lowest BCUT2D eigenvalue weighted by Crippen LogP contribution is -2.17. The van der Waals surface area contributed by atoms with Gasteiger partial charge in [-0.3, -0.25) is 9.52 Å². The summed E-state index contributed by atoms with van der Waals surface area (Å²) in [6.07, 6.45) is 0.872. The Morgan fingerprint density at radius 2 is 1.88 bits per heavy atom. The van der Waals surface area contributed by atoms with E-state index in [0.29, 0.717) is 27.9 Å². The zero-order chi connectivity index (χ0) is 18.2. The van der Waals surface area contributed by atoms with Crippen LogP contribution < -0.4 is 10.0 Å². The molecule has 2 aromatic rings. The number of aryl methyl sites for hydroxylation is 1. The molecule has 3 rings (SSSR count). The largest absolute Gasteiger partial charge is 0.326 e. The third-order valence-corrected chi connectivity index (χ3v) is 6.15. The molecule has 2 N–H and O–H groups in total.